The number of fused-ring (bicyclic) bond motifs is 1. The largest absolute Gasteiger partial charge is 0.489 e. The Labute approximate surface area is 168 Å². The molecule has 0 aliphatic heterocycles. The number of aryl methyl sites for hydroxylation is 2. The number of rotatable bonds is 10. The van der Waals surface area contributed by atoms with E-state index in [1.807, 2.05) is 18.2 Å². The maximum atomic E-state index is 12.8. The first-order chi connectivity index (χ1) is 14.1. The fraction of sp³-hybridized carbons (Fsp3) is 0.273. The lowest BCUT2D eigenvalue weighted by molar-refractivity contribution is 0.195. The summed E-state index contributed by atoms with van der Waals surface area (Å²) in [5.41, 5.74) is 2.86. The summed E-state index contributed by atoms with van der Waals surface area (Å²) in [6.45, 7) is -0.202. The molecule has 0 atom stereocenters. The lowest BCUT2D eigenvalue weighted by atomic mass is 10.1. The summed E-state index contributed by atoms with van der Waals surface area (Å²) in [5, 5.41) is 10.7. The highest BCUT2D eigenvalue weighted by Crippen LogP contribution is 2.23. The van der Waals surface area contributed by atoms with Crippen LogP contribution >= 0.6 is 0 Å². The number of unbranched alkanes of at least 4 members (excludes halogenated alkanes) is 1. The van der Waals surface area contributed by atoms with Crippen LogP contribution in [0.1, 0.15) is 24.3 Å². The van der Waals surface area contributed by atoms with Crippen molar-refractivity contribution < 1.29 is 23.4 Å². The molecule has 3 aromatic rings. The molecule has 2 aromatic carbocycles. The summed E-state index contributed by atoms with van der Waals surface area (Å²) in [6.07, 6.45) is 2.94. The van der Waals surface area contributed by atoms with Gasteiger partial charge < -0.3 is 19.6 Å². The summed E-state index contributed by atoms with van der Waals surface area (Å²) in [7, 11) is 0. The highest BCUT2D eigenvalue weighted by molar-refractivity contribution is 5.74. The second kappa shape index (κ2) is 10.3. The number of carbonyl (C=O) groups is 1. The van der Waals surface area contributed by atoms with E-state index in [0.717, 1.165) is 31.2 Å². The molecule has 0 spiro atoms. The number of nitrogens with zero attached hydrogens (tertiary/aromatic N) is 1. The smallest absolute Gasteiger partial charge is 0.404 e. The number of ether oxygens (including phenoxy) is 1. The van der Waals surface area contributed by atoms with Crippen molar-refractivity contribution in [2.45, 2.75) is 25.7 Å². The summed E-state index contributed by atoms with van der Waals surface area (Å²) < 4.78 is 24.1. The molecule has 7 heteroatoms. The third-order valence-corrected chi connectivity index (χ3v) is 4.40. The molecule has 2 N–H and O–H groups in total. The Hall–Kier alpha value is -3.35. The van der Waals surface area contributed by atoms with E-state index in [9.17, 15) is 9.18 Å². The van der Waals surface area contributed by atoms with Gasteiger partial charge in [-0.05, 0) is 37.0 Å². The van der Waals surface area contributed by atoms with E-state index >= 15 is 0 Å². The van der Waals surface area contributed by atoms with E-state index in [1.54, 1.807) is 18.2 Å². The molecule has 0 aliphatic carbocycles. The van der Waals surface area contributed by atoms with Crippen molar-refractivity contribution in [1.29, 1.82) is 0 Å². The summed E-state index contributed by atoms with van der Waals surface area (Å²) in [6, 6.07) is 15.6. The number of amides is 1. The first-order valence-electron chi connectivity index (χ1n) is 9.45. The molecule has 1 aromatic heterocycles. The SMILES string of the molecule is O=C(O)NCC(=CF)COc1ccc2nc(CCCCc3ccccc3)oc2c1. The van der Waals surface area contributed by atoms with E-state index in [1.165, 1.54) is 5.56 Å². The summed E-state index contributed by atoms with van der Waals surface area (Å²) in [5.74, 6) is 1.18. The maximum absolute atomic E-state index is 12.8. The summed E-state index contributed by atoms with van der Waals surface area (Å²) >= 11 is 0. The predicted octanol–water partition coefficient (Wildman–Crippen LogP) is 4.89. The van der Waals surface area contributed by atoms with Crippen LogP contribution in [-0.2, 0) is 12.8 Å². The Bertz CT molecular complexity index is 969. The fourth-order valence-corrected chi connectivity index (χ4v) is 2.89. The standard InChI is InChI=1S/C22H23FN2O4/c23-13-17(14-24-22(26)27)15-28-18-10-11-19-20(12-18)29-21(25-19)9-5-4-8-16-6-2-1-3-7-16/h1-3,6-7,10-13,24H,4-5,8-9,14-15H2,(H,26,27). The molecule has 6 nitrogen and oxygen atoms in total. The zero-order chi connectivity index (χ0) is 20.5. The van der Waals surface area contributed by atoms with Crippen molar-refractivity contribution in [2.24, 2.45) is 0 Å². The molecule has 0 saturated carbocycles. The number of benzene rings is 2. The van der Waals surface area contributed by atoms with Crippen LogP contribution in [-0.4, -0.2) is 29.3 Å². The lowest BCUT2D eigenvalue weighted by Crippen LogP contribution is -2.25. The van der Waals surface area contributed by atoms with E-state index in [4.69, 9.17) is 14.3 Å². The van der Waals surface area contributed by atoms with Gasteiger partial charge in [0.15, 0.2) is 11.5 Å². The first kappa shape index (κ1) is 20.4. The van der Waals surface area contributed by atoms with Gasteiger partial charge in [0.1, 0.15) is 17.9 Å². The van der Waals surface area contributed by atoms with E-state index in [0.29, 0.717) is 23.6 Å². The molecule has 0 fully saturated rings. The van der Waals surface area contributed by atoms with Gasteiger partial charge in [0.25, 0.3) is 0 Å². The van der Waals surface area contributed by atoms with Gasteiger partial charge in [-0.25, -0.2) is 14.2 Å². The highest BCUT2D eigenvalue weighted by atomic mass is 19.1. The Morgan fingerprint density at radius 1 is 1.17 bits per heavy atom. The summed E-state index contributed by atoms with van der Waals surface area (Å²) in [4.78, 5) is 15.0. The van der Waals surface area contributed by atoms with Gasteiger partial charge in [-0.1, -0.05) is 30.3 Å². The molecule has 0 aliphatic rings. The third kappa shape index (κ3) is 6.34. The predicted molar refractivity (Wildman–Crippen MR) is 108 cm³/mol. The number of aromatic nitrogens is 1. The van der Waals surface area contributed by atoms with Crippen LogP contribution in [0.5, 0.6) is 5.75 Å². The molecule has 0 unspecified atom stereocenters. The molecule has 0 bridgehead atoms. The zero-order valence-corrected chi connectivity index (χ0v) is 15.9. The Balaban J connectivity index is 1.50. The topological polar surface area (TPSA) is 84.6 Å². The molecule has 0 radical (unpaired) electrons. The minimum absolute atomic E-state index is 0.0667. The molecule has 29 heavy (non-hydrogen) atoms. The number of carboxylic acid groups (broad SMARTS) is 1. The molecule has 1 amide bonds. The first-order valence-corrected chi connectivity index (χ1v) is 9.45. The van der Waals surface area contributed by atoms with E-state index in [-0.39, 0.29) is 18.7 Å². The fourth-order valence-electron chi connectivity index (χ4n) is 2.89. The molecular weight excluding hydrogens is 375 g/mol. The van der Waals surface area contributed by atoms with Gasteiger partial charge in [-0.15, -0.1) is 0 Å². The third-order valence-electron chi connectivity index (χ3n) is 4.40. The minimum atomic E-state index is -1.22. The van der Waals surface area contributed by atoms with Crippen LogP contribution in [0.3, 0.4) is 0 Å². The van der Waals surface area contributed by atoms with Crippen molar-refractivity contribution in [3.05, 3.63) is 71.9 Å². The van der Waals surface area contributed by atoms with Crippen LogP contribution in [0.2, 0.25) is 0 Å². The quantitative estimate of drug-likeness (QED) is 0.475. The average molecular weight is 398 g/mol. The molecule has 3 rings (SSSR count). The van der Waals surface area contributed by atoms with Gasteiger partial charge >= 0.3 is 6.09 Å². The van der Waals surface area contributed by atoms with Gasteiger partial charge in [0, 0.05) is 24.6 Å². The van der Waals surface area contributed by atoms with E-state index < -0.39 is 6.09 Å². The zero-order valence-electron chi connectivity index (χ0n) is 15.9. The van der Waals surface area contributed by atoms with Crippen LogP contribution in [0.15, 0.2) is 64.9 Å². The number of halogens is 1. The van der Waals surface area contributed by atoms with Crippen molar-refractivity contribution in [3.63, 3.8) is 0 Å². The van der Waals surface area contributed by atoms with Crippen LogP contribution in [0.25, 0.3) is 11.1 Å². The van der Waals surface area contributed by atoms with Crippen molar-refractivity contribution in [2.75, 3.05) is 13.2 Å². The van der Waals surface area contributed by atoms with Crippen LogP contribution in [0.4, 0.5) is 9.18 Å². The molecule has 0 saturated heterocycles. The minimum Gasteiger partial charge on any atom is -0.489 e. The molecule has 1 heterocycles. The Kier molecular flexibility index (Phi) is 7.22. The normalized spacial score (nSPS) is 11.6. The second-order valence-corrected chi connectivity index (χ2v) is 6.64. The van der Waals surface area contributed by atoms with Crippen LogP contribution in [0, 0.1) is 0 Å². The monoisotopic (exact) mass is 398 g/mol. The van der Waals surface area contributed by atoms with Crippen molar-refractivity contribution in [3.8, 4) is 5.75 Å². The Morgan fingerprint density at radius 2 is 1.97 bits per heavy atom. The van der Waals surface area contributed by atoms with Gasteiger partial charge in [0.2, 0.25) is 0 Å². The van der Waals surface area contributed by atoms with Crippen LogP contribution < -0.4 is 10.1 Å². The second-order valence-electron chi connectivity index (χ2n) is 6.64. The molecular formula is C22H23FN2O4. The highest BCUT2D eigenvalue weighted by Gasteiger charge is 2.08. The van der Waals surface area contributed by atoms with Crippen molar-refractivity contribution in [1.82, 2.24) is 10.3 Å². The number of oxazole rings is 1. The van der Waals surface area contributed by atoms with Gasteiger partial charge in [-0.2, -0.15) is 0 Å². The number of nitrogens with one attached hydrogen (secondary N) is 1. The average Bonchev–Trinajstić information content (AvgIpc) is 3.14. The molecule has 152 valence electrons. The van der Waals surface area contributed by atoms with Crippen molar-refractivity contribution >= 4 is 17.2 Å². The maximum Gasteiger partial charge on any atom is 0.404 e. The number of hydrogen-bond acceptors (Lipinski definition) is 4. The lowest BCUT2D eigenvalue weighted by Gasteiger charge is -2.08. The Morgan fingerprint density at radius 3 is 2.72 bits per heavy atom. The number of hydrogen-bond donors (Lipinski definition) is 2. The van der Waals surface area contributed by atoms with E-state index in [2.05, 4.69) is 22.4 Å². The van der Waals surface area contributed by atoms with Gasteiger partial charge in [0.05, 0.1) is 6.33 Å². The van der Waals surface area contributed by atoms with Gasteiger partial charge in [-0.3, -0.25) is 0 Å².